The Morgan fingerprint density at radius 3 is 1.81 bits per heavy atom. The van der Waals surface area contributed by atoms with E-state index in [1.54, 1.807) is 0 Å². The topological polar surface area (TPSA) is 38.3 Å². The lowest BCUT2D eigenvalue weighted by Crippen LogP contribution is -2.33. The molecule has 0 spiro atoms. The van der Waals surface area contributed by atoms with Crippen LogP contribution in [0.3, 0.4) is 0 Å². The van der Waals surface area contributed by atoms with Gasteiger partial charge in [-0.1, -0.05) is 109 Å². The number of carbonyl (C=O) groups excluding carboxylic acids is 1. The minimum atomic E-state index is -0.224. The van der Waals surface area contributed by atoms with E-state index in [0.29, 0.717) is 0 Å². The number of ether oxygens (including phenoxy) is 1. The van der Waals surface area contributed by atoms with Gasteiger partial charge >= 0.3 is 0 Å². The van der Waals surface area contributed by atoms with E-state index in [9.17, 15) is 4.79 Å². The van der Waals surface area contributed by atoms with Gasteiger partial charge in [0.2, 0.25) is 0 Å². The van der Waals surface area contributed by atoms with Gasteiger partial charge in [-0.3, -0.25) is 4.79 Å². The van der Waals surface area contributed by atoms with Crippen LogP contribution in [0.25, 0.3) is 0 Å². The van der Waals surface area contributed by atoms with Gasteiger partial charge in [0.05, 0.1) is 6.04 Å². The van der Waals surface area contributed by atoms with Crippen LogP contribution >= 0.6 is 0 Å². The minimum Gasteiger partial charge on any atom is -0.483 e. The molecule has 0 saturated heterocycles. The van der Waals surface area contributed by atoms with Crippen molar-refractivity contribution in [3.05, 3.63) is 138 Å². The second-order valence-corrected chi connectivity index (χ2v) is 7.38. The van der Waals surface area contributed by atoms with Crippen molar-refractivity contribution in [3.63, 3.8) is 0 Å². The summed E-state index contributed by atoms with van der Waals surface area (Å²) in [7, 11) is 0. The molecule has 0 radical (unpaired) electrons. The fourth-order valence-electron chi connectivity index (χ4n) is 3.60. The Labute approximate surface area is 183 Å². The maximum Gasteiger partial charge on any atom is 0.258 e. The van der Waals surface area contributed by atoms with Crippen LogP contribution in [0.2, 0.25) is 0 Å². The van der Waals surface area contributed by atoms with Crippen LogP contribution in [0.5, 0.6) is 5.75 Å². The molecule has 0 unspecified atom stereocenters. The van der Waals surface area contributed by atoms with Crippen LogP contribution in [0.4, 0.5) is 0 Å². The van der Waals surface area contributed by atoms with Gasteiger partial charge in [0, 0.05) is 6.42 Å². The number of nitrogens with one attached hydrogen (secondary N) is 1. The highest BCUT2D eigenvalue weighted by atomic mass is 16.5. The molecule has 1 amide bonds. The van der Waals surface area contributed by atoms with Crippen molar-refractivity contribution in [1.29, 1.82) is 0 Å². The molecule has 0 saturated carbocycles. The normalized spacial score (nSPS) is 10.6. The van der Waals surface area contributed by atoms with Crippen molar-refractivity contribution in [1.82, 2.24) is 5.32 Å². The molecule has 4 rings (SSSR count). The molecule has 4 aromatic rings. The lowest BCUT2D eigenvalue weighted by atomic mass is 9.99. The summed E-state index contributed by atoms with van der Waals surface area (Å²) in [5, 5.41) is 3.13. The number of rotatable bonds is 8. The average molecular weight is 408 g/mol. The van der Waals surface area contributed by atoms with E-state index in [4.69, 9.17) is 4.74 Å². The number of benzene rings is 4. The van der Waals surface area contributed by atoms with E-state index < -0.39 is 0 Å². The van der Waals surface area contributed by atoms with Crippen LogP contribution in [0.1, 0.15) is 28.3 Å². The third kappa shape index (κ3) is 5.61. The average Bonchev–Trinajstić information content (AvgIpc) is 2.84. The molecule has 3 nitrogen and oxygen atoms in total. The summed E-state index contributed by atoms with van der Waals surface area (Å²) < 4.78 is 5.93. The fraction of sp³-hybridized carbons (Fsp3) is 0.107. The molecule has 31 heavy (non-hydrogen) atoms. The summed E-state index contributed by atoms with van der Waals surface area (Å²) in [6.45, 7) is -0.0397. The van der Waals surface area contributed by atoms with Crippen LogP contribution in [-0.2, 0) is 11.2 Å². The zero-order chi connectivity index (χ0) is 21.3. The lowest BCUT2D eigenvalue weighted by molar-refractivity contribution is -0.123. The Bertz CT molecular complexity index is 1060. The molecule has 154 valence electrons. The van der Waals surface area contributed by atoms with Crippen molar-refractivity contribution >= 4 is 5.91 Å². The van der Waals surface area contributed by atoms with E-state index >= 15 is 0 Å². The first-order chi connectivity index (χ1) is 15.3. The molecule has 0 aliphatic carbocycles. The molecule has 0 atom stereocenters. The molecule has 1 N–H and O–H groups in total. The SMILES string of the molecule is O=C(COc1ccccc1Cc1ccccc1)NC(c1ccccc1)c1ccccc1. The molecule has 0 aliphatic heterocycles. The van der Waals surface area contributed by atoms with Crippen LogP contribution in [0, 0.1) is 0 Å². The zero-order valence-corrected chi connectivity index (χ0v) is 17.3. The largest absolute Gasteiger partial charge is 0.483 e. The quantitative estimate of drug-likeness (QED) is 0.415. The van der Waals surface area contributed by atoms with Crippen molar-refractivity contribution in [2.24, 2.45) is 0 Å². The van der Waals surface area contributed by atoms with Crippen LogP contribution in [0.15, 0.2) is 115 Å². The Morgan fingerprint density at radius 1 is 0.677 bits per heavy atom. The highest BCUT2D eigenvalue weighted by Crippen LogP contribution is 2.23. The molecule has 0 bridgehead atoms. The fourth-order valence-corrected chi connectivity index (χ4v) is 3.60. The molecule has 0 fully saturated rings. The molecular formula is C28H25NO2. The second kappa shape index (κ2) is 10.3. The van der Waals surface area contributed by atoms with Gasteiger partial charge < -0.3 is 10.1 Å². The molecule has 0 aromatic heterocycles. The van der Waals surface area contributed by atoms with Crippen molar-refractivity contribution in [3.8, 4) is 5.75 Å². The van der Waals surface area contributed by atoms with Crippen LogP contribution in [-0.4, -0.2) is 12.5 Å². The van der Waals surface area contributed by atoms with E-state index in [1.807, 2.05) is 103 Å². The van der Waals surface area contributed by atoms with Gasteiger partial charge in [0.15, 0.2) is 6.61 Å². The first kappa shape index (κ1) is 20.4. The molecule has 4 aromatic carbocycles. The third-order valence-electron chi connectivity index (χ3n) is 5.14. The molecule has 0 heterocycles. The van der Waals surface area contributed by atoms with Gasteiger partial charge in [-0.2, -0.15) is 0 Å². The summed E-state index contributed by atoms with van der Waals surface area (Å²) in [5.74, 6) is 0.574. The van der Waals surface area contributed by atoms with Crippen LogP contribution < -0.4 is 10.1 Å². The van der Waals surface area contributed by atoms with Gasteiger partial charge in [0.1, 0.15) is 5.75 Å². The maximum atomic E-state index is 12.8. The smallest absolute Gasteiger partial charge is 0.258 e. The summed E-state index contributed by atoms with van der Waals surface area (Å²) in [6.07, 6.45) is 0.759. The highest BCUT2D eigenvalue weighted by molar-refractivity contribution is 5.78. The Morgan fingerprint density at radius 2 is 1.19 bits per heavy atom. The van der Waals surface area contributed by atoms with Gasteiger partial charge in [-0.25, -0.2) is 0 Å². The van der Waals surface area contributed by atoms with Gasteiger partial charge in [0.25, 0.3) is 5.91 Å². The number of para-hydroxylation sites is 1. The number of amides is 1. The summed E-state index contributed by atoms with van der Waals surface area (Å²) in [4.78, 5) is 12.8. The number of hydrogen-bond donors (Lipinski definition) is 1. The third-order valence-corrected chi connectivity index (χ3v) is 5.14. The highest BCUT2D eigenvalue weighted by Gasteiger charge is 2.17. The maximum absolute atomic E-state index is 12.8. The number of hydrogen-bond acceptors (Lipinski definition) is 2. The standard InChI is InChI=1S/C28H25NO2/c30-27(29-28(23-14-6-2-7-15-23)24-16-8-3-9-17-24)21-31-26-19-11-10-18-25(26)20-22-12-4-1-5-13-22/h1-19,28H,20-21H2,(H,29,30). The van der Waals surface area contributed by atoms with Crippen molar-refractivity contribution < 1.29 is 9.53 Å². The van der Waals surface area contributed by atoms with Crippen molar-refractivity contribution in [2.75, 3.05) is 6.61 Å². The first-order valence-corrected chi connectivity index (χ1v) is 10.4. The van der Waals surface area contributed by atoms with Gasteiger partial charge in [-0.15, -0.1) is 0 Å². The van der Waals surface area contributed by atoms with E-state index in [1.165, 1.54) is 5.56 Å². The van der Waals surface area contributed by atoms with E-state index in [-0.39, 0.29) is 18.6 Å². The van der Waals surface area contributed by atoms with Crippen molar-refractivity contribution in [2.45, 2.75) is 12.5 Å². The summed E-state index contributed by atoms with van der Waals surface area (Å²) in [5.41, 5.74) is 4.33. The summed E-state index contributed by atoms with van der Waals surface area (Å²) in [6, 6.07) is 37.8. The Hall–Kier alpha value is -3.85. The predicted molar refractivity (Wildman–Crippen MR) is 124 cm³/mol. The Balaban J connectivity index is 1.45. The summed E-state index contributed by atoms with van der Waals surface area (Å²) >= 11 is 0. The second-order valence-electron chi connectivity index (χ2n) is 7.38. The van der Waals surface area contributed by atoms with Gasteiger partial charge in [-0.05, 0) is 28.3 Å². The predicted octanol–water partition coefficient (Wildman–Crippen LogP) is 5.56. The molecular weight excluding hydrogens is 382 g/mol. The monoisotopic (exact) mass is 407 g/mol. The van der Waals surface area contributed by atoms with E-state index in [0.717, 1.165) is 28.9 Å². The molecule has 0 aliphatic rings. The van der Waals surface area contributed by atoms with E-state index in [2.05, 4.69) is 17.4 Å². The lowest BCUT2D eigenvalue weighted by Gasteiger charge is -2.20. The Kier molecular flexibility index (Phi) is 6.76. The minimum absolute atomic E-state index is 0.0397. The zero-order valence-electron chi connectivity index (χ0n) is 17.3. The molecule has 3 heteroatoms. The first-order valence-electron chi connectivity index (χ1n) is 10.4. The number of carbonyl (C=O) groups is 1.